The molecule has 0 bridgehead atoms. The molecule has 0 heterocycles. The monoisotopic (exact) mass is 521 g/mol. The Morgan fingerprint density at radius 1 is 0.865 bits per heavy atom. The van der Waals surface area contributed by atoms with Crippen LogP contribution >= 0.6 is 0 Å². The molecule has 3 aromatic rings. The first kappa shape index (κ1) is 27.9. The van der Waals surface area contributed by atoms with Gasteiger partial charge in [-0.05, 0) is 62.6 Å². The molecule has 37 heavy (non-hydrogen) atoms. The molecular formula is C29H35N3O4S. The van der Waals surface area contributed by atoms with Crippen LogP contribution in [0.5, 0.6) is 0 Å². The van der Waals surface area contributed by atoms with Gasteiger partial charge in [-0.25, -0.2) is 8.42 Å². The number of likely N-dealkylation sites (N-methyl/N-ethyl adjacent to an activating group) is 1. The zero-order valence-electron chi connectivity index (χ0n) is 22.1. The average molecular weight is 522 g/mol. The zero-order chi connectivity index (χ0) is 27.2. The van der Waals surface area contributed by atoms with Gasteiger partial charge in [0.05, 0.1) is 10.6 Å². The summed E-state index contributed by atoms with van der Waals surface area (Å²) in [6, 6.07) is 20.4. The molecule has 7 nitrogen and oxygen atoms in total. The van der Waals surface area contributed by atoms with E-state index in [0.717, 1.165) is 26.6 Å². The van der Waals surface area contributed by atoms with Gasteiger partial charge in [0.25, 0.3) is 10.0 Å². The highest BCUT2D eigenvalue weighted by Gasteiger charge is 2.33. The largest absolute Gasteiger partial charge is 0.357 e. The number of nitrogens with one attached hydrogen (secondary N) is 1. The minimum atomic E-state index is -4.07. The summed E-state index contributed by atoms with van der Waals surface area (Å²) in [7, 11) is -2.54. The van der Waals surface area contributed by atoms with Crippen LogP contribution in [-0.4, -0.2) is 44.8 Å². The van der Waals surface area contributed by atoms with E-state index < -0.39 is 28.5 Å². The summed E-state index contributed by atoms with van der Waals surface area (Å²) in [4.78, 5) is 28.2. The lowest BCUT2D eigenvalue weighted by atomic mass is 10.1. The molecule has 3 aromatic carbocycles. The van der Waals surface area contributed by atoms with Gasteiger partial charge >= 0.3 is 0 Å². The number of benzene rings is 3. The number of hydrogen-bond donors (Lipinski definition) is 1. The fourth-order valence-corrected chi connectivity index (χ4v) is 5.55. The number of carbonyl (C=O) groups is 2. The molecule has 1 N–H and O–H groups in total. The third-order valence-electron chi connectivity index (χ3n) is 6.44. The van der Waals surface area contributed by atoms with Crippen molar-refractivity contribution in [2.24, 2.45) is 0 Å². The molecule has 3 rings (SSSR count). The van der Waals surface area contributed by atoms with Crippen molar-refractivity contribution in [3.05, 3.63) is 95.1 Å². The second-order valence-corrected chi connectivity index (χ2v) is 11.0. The highest BCUT2D eigenvalue weighted by molar-refractivity contribution is 7.92. The quantitative estimate of drug-likeness (QED) is 0.430. The fraction of sp³-hybridized carbons (Fsp3) is 0.310. The maximum absolute atomic E-state index is 13.9. The Balaban J connectivity index is 2.06. The van der Waals surface area contributed by atoms with Gasteiger partial charge in [0, 0.05) is 13.6 Å². The van der Waals surface area contributed by atoms with E-state index in [1.54, 1.807) is 36.4 Å². The molecular weight excluding hydrogens is 486 g/mol. The molecule has 0 spiro atoms. The van der Waals surface area contributed by atoms with Crippen molar-refractivity contribution in [3.8, 4) is 0 Å². The molecule has 0 saturated carbocycles. The Morgan fingerprint density at radius 3 is 1.97 bits per heavy atom. The van der Waals surface area contributed by atoms with Crippen molar-refractivity contribution in [1.29, 1.82) is 0 Å². The number of carbonyl (C=O) groups excluding carboxylic acids is 2. The molecule has 0 aliphatic rings. The minimum Gasteiger partial charge on any atom is -0.357 e. The average Bonchev–Trinajstić information content (AvgIpc) is 2.88. The lowest BCUT2D eigenvalue weighted by Gasteiger charge is -2.33. The Labute approximate surface area is 220 Å². The van der Waals surface area contributed by atoms with Crippen molar-refractivity contribution in [2.75, 3.05) is 17.9 Å². The van der Waals surface area contributed by atoms with Crippen LogP contribution in [0, 0.1) is 20.8 Å². The van der Waals surface area contributed by atoms with Crippen molar-refractivity contribution in [1.82, 2.24) is 10.2 Å². The van der Waals surface area contributed by atoms with Crippen LogP contribution in [0.15, 0.2) is 77.7 Å². The topological polar surface area (TPSA) is 86.8 Å². The van der Waals surface area contributed by atoms with Crippen LogP contribution in [0.25, 0.3) is 0 Å². The molecule has 0 saturated heterocycles. The number of hydrogen-bond acceptors (Lipinski definition) is 4. The molecule has 0 aliphatic heterocycles. The van der Waals surface area contributed by atoms with Gasteiger partial charge in [-0.1, -0.05) is 66.6 Å². The summed E-state index contributed by atoms with van der Waals surface area (Å²) < 4.78 is 28.7. The lowest BCUT2D eigenvalue weighted by Crippen LogP contribution is -2.51. The minimum absolute atomic E-state index is 0.0928. The number of amides is 2. The van der Waals surface area contributed by atoms with Gasteiger partial charge in [0.2, 0.25) is 11.8 Å². The van der Waals surface area contributed by atoms with Crippen LogP contribution in [0.3, 0.4) is 0 Å². The third-order valence-corrected chi connectivity index (χ3v) is 8.23. The van der Waals surface area contributed by atoms with E-state index in [2.05, 4.69) is 5.32 Å². The summed E-state index contributed by atoms with van der Waals surface area (Å²) in [6.45, 7) is 7.30. The Morgan fingerprint density at radius 2 is 1.43 bits per heavy atom. The Kier molecular flexibility index (Phi) is 9.10. The van der Waals surface area contributed by atoms with Crippen molar-refractivity contribution in [2.45, 2.75) is 51.6 Å². The normalized spacial score (nSPS) is 12.0. The van der Waals surface area contributed by atoms with E-state index in [1.165, 1.54) is 11.9 Å². The third kappa shape index (κ3) is 6.57. The summed E-state index contributed by atoms with van der Waals surface area (Å²) in [6.07, 6.45) is 0.381. The molecule has 0 aromatic heterocycles. The summed E-state index contributed by atoms with van der Waals surface area (Å²) in [5.74, 6) is -0.761. The number of nitrogens with zero attached hydrogens (tertiary/aromatic N) is 2. The molecule has 0 radical (unpaired) electrons. The molecule has 0 aliphatic carbocycles. The molecule has 196 valence electrons. The molecule has 0 unspecified atom stereocenters. The van der Waals surface area contributed by atoms with Gasteiger partial charge in [0.15, 0.2) is 0 Å². The van der Waals surface area contributed by atoms with Crippen molar-refractivity contribution in [3.63, 3.8) is 0 Å². The zero-order valence-corrected chi connectivity index (χ0v) is 22.9. The van der Waals surface area contributed by atoms with Crippen LogP contribution in [0.4, 0.5) is 5.69 Å². The van der Waals surface area contributed by atoms with Gasteiger partial charge < -0.3 is 10.2 Å². The summed E-state index contributed by atoms with van der Waals surface area (Å²) >= 11 is 0. The number of aryl methyl sites for hydroxylation is 3. The van der Waals surface area contributed by atoms with E-state index in [4.69, 9.17) is 0 Å². The van der Waals surface area contributed by atoms with E-state index in [9.17, 15) is 18.0 Å². The molecule has 0 fully saturated rings. The second kappa shape index (κ2) is 12.1. The Bertz CT molecular complexity index is 1340. The second-order valence-electron chi connectivity index (χ2n) is 9.15. The summed E-state index contributed by atoms with van der Waals surface area (Å²) in [5.41, 5.74) is 4.15. The predicted molar refractivity (Wildman–Crippen MR) is 147 cm³/mol. The Hall–Kier alpha value is -3.65. The van der Waals surface area contributed by atoms with E-state index >= 15 is 0 Å². The first-order valence-corrected chi connectivity index (χ1v) is 13.7. The highest BCUT2D eigenvalue weighted by atomic mass is 32.2. The van der Waals surface area contributed by atoms with Gasteiger partial charge in [-0.15, -0.1) is 0 Å². The van der Waals surface area contributed by atoms with Crippen LogP contribution in [0.1, 0.15) is 35.6 Å². The van der Waals surface area contributed by atoms with Crippen LogP contribution in [-0.2, 0) is 26.2 Å². The maximum Gasteiger partial charge on any atom is 0.264 e. The van der Waals surface area contributed by atoms with Gasteiger partial charge in [-0.2, -0.15) is 0 Å². The number of rotatable bonds is 10. The smallest absolute Gasteiger partial charge is 0.264 e. The standard InChI is InChI=1S/C29H35N3O4S/c1-6-27(29(34)30-5)31(19-24-10-8-7-9-23(24)4)28(33)20-32(25-15-11-21(2)12-16-25)37(35,36)26-17-13-22(3)14-18-26/h7-18,27H,6,19-20H2,1-5H3,(H,30,34)/t27-/m0/s1. The van der Waals surface area contributed by atoms with Gasteiger partial charge in [-0.3, -0.25) is 13.9 Å². The van der Waals surface area contributed by atoms with E-state index in [0.29, 0.717) is 12.1 Å². The van der Waals surface area contributed by atoms with E-state index in [-0.39, 0.29) is 17.3 Å². The first-order chi connectivity index (χ1) is 17.6. The lowest BCUT2D eigenvalue weighted by molar-refractivity contribution is -0.140. The molecule has 2 amide bonds. The highest BCUT2D eigenvalue weighted by Crippen LogP contribution is 2.25. The number of anilines is 1. The van der Waals surface area contributed by atoms with Crippen molar-refractivity contribution < 1.29 is 18.0 Å². The molecule has 8 heteroatoms. The first-order valence-electron chi connectivity index (χ1n) is 12.3. The van der Waals surface area contributed by atoms with Crippen molar-refractivity contribution >= 4 is 27.5 Å². The predicted octanol–water partition coefficient (Wildman–Crippen LogP) is 4.36. The van der Waals surface area contributed by atoms with Gasteiger partial charge in [0.1, 0.15) is 12.6 Å². The number of sulfonamides is 1. The maximum atomic E-state index is 13.9. The van der Waals surface area contributed by atoms with Crippen LogP contribution in [0.2, 0.25) is 0 Å². The summed E-state index contributed by atoms with van der Waals surface area (Å²) in [5, 5.41) is 2.64. The fourth-order valence-electron chi connectivity index (χ4n) is 4.13. The molecule has 1 atom stereocenters. The van der Waals surface area contributed by atoms with E-state index in [1.807, 2.05) is 64.1 Å². The SMILES string of the molecule is CC[C@@H](C(=O)NC)N(Cc1ccccc1C)C(=O)CN(c1ccc(C)cc1)S(=O)(=O)c1ccc(C)cc1. The van der Waals surface area contributed by atoms with Crippen LogP contribution < -0.4 is 9.62 Å².